The van der Waals surface area contributed by atoms with Gasteiger partial charge < -0.3 is 20.2 Å². The Morgan fingerprint density at radius 3 is 2.59 bits per heavy atom. The number of piperazine rings is 1. The lowest BCUT2D eigenvalue weighted by atomic mass is 9.98. The van der Waals surface area contributed by atoms with Crippen molar-refractivity contribution in [3.05, 3.63) is 107 Å². The molecule has 2 aliphatic heterocycles. The first-order valence-electron chi connectivity index (χ1n) is 14.3. The van der Waals surface area contributed by atoms with Gasteiger partial charge in [-0.15, -0.1) is 6.58 Å². The molecule has 2 fully saturated rings. The minimum Gasteiger partial charge on any atom is -0.508 e. The van der Waals surface area contributed by atoms with E-state index in [1.54, 1.807) is 50.2 Å². The van der Waals surface area contributed by atoms with Crippen molar-refractivity contribution in [1.82, 2.24) is 35.3 Å². The number of carbonyl (C=O) groups excluding carboxylic acids is 3. The zero-order valence-electron chi connectivity index (χ0n) is 23.9. The van der Waals surface area contributed by atoms with E-state index in [1.165, 1.54) is 0 Å². The standard InChI is InChI=1S/C32H32ClN7O4/c1-2-15-38-20-28(42)39-26(16-21-11-13-24(41)14-12-21)31(43)37(18-23-9-6-10-25-29(23)35-36-30(25)33)19-27(39)40(38)32(44)34-17-22-7-4-3-5-8-22/h2-14,26-27,41H,1,15-20H2,(H,34,44)(H,35,36). The molecule has 0 saturated carbocycles. The molecular formula is C32H32ClN7O4. The molecule has 0 bridgehead atoms. The molecule has 44 heavy (non-hydrogen) atoms. The van der Waals surface area contributed by atoms with Gasteiger partial charge in [-0.3, -0.25) is 14.7 Å². The number of amides is 4. The summed E-state index contributed by atoms with van der Waals surface area (Å²) < 4.78 is 0. The third-order valence-electron chi connectivity index (χ3n) is 8.01. The molecule has 11 nitrogen and oxygen atoms in total. The van der Waals surface area contributed by atoms with Crippen LogP contribution < -0.4 is 5.32 Å². The lowest BCUT2D eigenvalue weighted by Crippen LogP contribution is -2.76. The molecule has 226 valence electrons. The van der Waals surface area contributed by atoms with E-state index in [0.29, 0.717) is 17.2 Å². The number of aromatic nitrogens is 2. The van der Waals surface area contributed by atoms with Crippen LogP contribution in [0.4, 0.5) is 4.79 Å². The van der Waals surface area contributed by atoms with Crippen molar-refractivity contribution in [1.29, 1.82) is 0 Å². The molecule has 0 aliphatic carbocycles. The summed E-state index contributed by atoms with van der Waals surface area (Å²) >= 11 is 6.30. The van der Waals surface area contributed by atoms with Crippen molar-refractivity contribution in [2.45, 2.75) is 31.7 Å². The van der Waals surface area contributed by atoms with Gasteiger partial charge in [0.15, 0.2) is 0 Å². The number of aromatic hydroxyl groups is 1. The second-order valence-corrected chi connectivity index (χ2v) is 11.2. The van der Waals surface area contributed by atoms with Gasteiger partial charge in [-0.1, -0.05) is 72.3 Å². The van der Waals surface area contributed by atoms with Crippen LogP contribution in [-0.2, 0) is 29.1 Å². The number of nitrogens with one attached hydrogen (secondary N) is 2. The van der Waals surface area contributed by atoms with Crippen LogP contribution in [0.3, 0.4) is 0 Å². The number of nitrogens with zero attached hydrogens (tertiary/aromatic N) is 5. The maximum Gasteiger partial charge on any atom is 0.334 e. The summed E-state index contributed by atoms with van der Waals surface area (Å²) in [7, 11) is 0. The predicted molar refractivity (Wildman–Crippen MR) is 165 cm³/mol. The number of benzene rings is 3. The van der Waals surface area contributed by atoms with Gasteiger partial charge in [0.25, 0.3) is 0 Å². The van der Waals surface area contributed by atoms with E-state index >= 15 is 0 Å². The van der Waals surface area contributed by atoms with Crippen LogP contribution in [0.15, 0.2) is 85.5 Å². The van der Waals surface area contributed by atoms with Crippen LogP contribution in [0.1, 0.15) is 16.7 Å². The second-order valence-electron chi connectivity index (χ2n) is 10.9. The van der Waals surface area contributed by atoms with Gasteiger partial charge in [-0.05, 0) is 34.9 Å². The highest BCUT2D eigenvalue weighted by molar-refractivity contribution is 6.34. The summed E-state index contributed by atoms with van der Waals surface area (Å²) in [5, 5.41) is 24.3. The smallest absolute Gasteiger partial charge is 0.334 e. The van der Waals surface area contributed by atoms with E-state index in [-0.39, 0.29) is 50.2 Å². The van der Waals surface area contributed by atoms with Gasteiger partial charge in [0.2, 0.25) is 11.8 Å². The molecule has 4 amide bonds. The van der Waals surface area contributed by atoms with E-state index < -0.39 is 18.2 Å². The maximum atomic E-state index is 14.2. The average molecular weight is 614 g/mol. The van der Waals surface area contributed by atoms with Crippen molar-refractivity contribution in [2.75, 3.05) is 19.6 Å². The molecule has 3 heterocycles. The number of carbonyl (C=O) groups is 3. The number of urea groups is 1. The lowest BCUT2D eigenvalue weighted by Gasteiger charge is -2.55. The fourth-order valence-corrected chi connectivity index (χ4v) is 6.15. The first kappa shape index (κ1) is 29.2. The lowest BCUT2D eigenvalue weighted by molar-refractivity contribution is -0.189. The van der Waals surface area contributed by atoms with Crippen molar-refractivity contribution in [3.63, 3.8) is 0 Å². The zero-order valence-corrected chi connectivity index (χ0v) is 24.7. The Morgan fingerprint density at radius 1 is 1.07 bits per heavy atom. The second kappa shape index (κ2) is 12.4. The molecule has 6 rings (SSSR count). The number of phenols is 1. The fourth-order valence-electron chi connectivity index (χ4n) is 5.95. The molecule has 1 aromatic heterocycles. The molecule has 3 aromatic carbocycles. The fraction of sp³-hybridized carbons (Fsp3) is 0.250. The quantitative estimate of drug-likeness (QED) is 0.261. The number of hydrazine groups is 1. The van der Waals surface area contributed by atoms with E-state index in [2.05, 4.69) is 22.1 Å². The average Bonchev–Trinajstić information content (AvgIpc) is 3.41. The SMILES string of the molecule is C=CCN1CC(=O)N2C(Cc3ccc(O)cc3)C(=O)N(Cc3cccc4c(Cl)[nH]nc34)CC2N1C(=O)NCc1ccccc1. The highest BCUT2D eigenvalue weighted by Crippen LogP contribution is 2.31. The Labute approximate surface area is 259 Å². The predicted octanol–water partition coefficient (Wildman–Crippen LogP) is 3.66. The minimum absolute atomic E-state index is 0.0809. The number of aromatic amines is 1. The van der Waals surface area contributed by atoms with Crippen LogP contribution in [-0.4, -0.2) is 84.8 Å². The molecule has 3 N–H and O–H groups in total. The number of halogens is 1. The molecule has 2 atom stereocenters. The first-order valence-corrected chi connectivity index (χ1v) is 14.7. The molecule has 4 aromatic rings. The van der Waals surface area contributed by atoms with Crippen LogP contribution in [0.2, 0.25) is 5.15 Å². The van der Waals surface area contributed by atoms with E-state index in [4.69, 9.17) is 11.6 Å². The molecule has 2 aliphatic rings. The summed E-state index contributed by atoms with van der Waals surface area (Å²) in [6, 6.07) is 20.4. The van der Waals surface area contributed by atoms with Crippen molar-refractivity contribution in [3.8, 4) is 5.75 Å². The zero-order chi connectivity index (χ0) is 30.8. The maximum absolute atomic E-state index is 14.2. The number of H-pyrrole nitrogens is 1. The van der Waals surface area contributed by atoms with Gasteiger partial charge in [0.1, 0.15) is 23.1 Å². The summed E-state index contributed by atoms with van der Waals surface area (Å²) in [6.07, 6.45) is 1.06. The minimum atomic E-state index is -0.886. The summed E-state index contributed by atoms with van der Waals surface area (Å²) in [6.45, 7) is 4.57. The largest absolute Gasteiger partial charge is 0.508 e. The van der Waals surface area contributed by atoms with Gasteiger partial charge in [0, 0.05) is 31.4 Å². The van der Waals surface area contributed by atoms with Gasteiger partial charge in [-0.25, -0.2) is 14.8 Å². The van der Waals surface area contributed by atoms with E-state index in [9.17, 15) is 19.5 Å². The Kier molecular flexibility index (Phi) is 8.23. The third-order valence-corrected chi connectivity index (χ3v) is 8.30. The van der Waals surface area contributed by atoms with Crippen molar-refractivity contribution < 1.29 is 19.5 Å². The van der Waals surface area contributed by atoms with E-state index in [0.717, 1.165) is 22.1 Å². The number of rotatable bonds is 8. The highest BCUT2D eigenvalue weighted by atomic mass is 35.5. The molecular weight excluding hydrogens is 582 g/mol. The van der Waals surface area contributed by atoms with Gasteiger partial charge in [-0.2, -0.15) is 5.10 Å². The van der Waals surface area contributed by atoms with Crippen LogP contribution in [0.5, 0.6) is 5.75 Å². The number of hydrogen-bond acceptors (Lipinski definition) is 6. The van der Waals surface area contributed by atoms with E-state index in [1.807, 2.05) is 48.5 Å². The summed E-state index contributed by atoms with van der Waals surface area (Å²) in [5.41, 5.74) is 3.12. The van der Waals surface area contributed by atoms with Gasteiger partial charge >= 0.3 is 6.03 Å². The highest BCUT2D eigenvalue weighted by Gasteiger charge is 2.51. The Morgan fingerprint density at radius 2 is 1.84 bits per heavy atom. The number of hydrogen-bond donors (Lipinski definition) is 3. The Balaban J connectivity index is 1.37. The summed E-state index contributed by atoms with van der Waals surface area (Å²) in [4.78, 5) is 45.1. The van der Waals surface area contributed by atoms with Crippen LogP contribution >= 0.6 is 11.6 Å². The molecule has 2 unspecified atom stereocenters. The van der Waals surface area contributed by atoms with Gasteiger partial charge in [0.05, 0.1) is 18.6 Å². The Bertz CT molecular complexity index is 1690. The number of phenolic OH excluding ortho intramolecular Hbond substituents is 1. The monoisotopic (exact) mass is 613 g/mol. The van der Waals surface area contributed by atoms with Crippen LogP contribution in [0, 0.1) is 0 Å². The number of fused-ring (bicyclic) bond motifs is 2. The van der Waals surface area contributed by atoms with Crippen LogP contribution in [0.25, 0.3) is 10.9 Å². The van der Waals surface area contributed by atoms with Crippen molar-refractivity contribution >= 4 is 40.3 Å². The molecule has 2 saturated heterocycles. The topological polar surface area (TPSA) is 125 Å². The summed E-state index contributed by atoms with van der Waals surface area (Å²) in [5.74, 6) is -0.408. The Hall–Kier alpha value is -4.87. The normalized spacial score (nSPS) is 18.9. The molecule has 12 heteroatoms. The first-order chi connectivity index (χ1) is 21.3. The van der Waals surface area contributed by atoms with Crippen molar-refractivity contribution in [2.24, 2.45) is 0 Å². The third kappa shape index (κ3) is 5.71. The molecule has 0 radical (unpaired) electrons. The molecule has 0 spiro atoms. The number of para-hydroxylation sites is 1.